The van der Waals surface area contributed by atoms with Gasteiger partial charge in [0.25, 0.3) is 11.6 Å². The third kappa shape index (κ3) is 4.37. The van der Waals surface area contributed by atoms with Crippen molar-refractivity contribution >= 4 is 23.0 Å². The third-order valence-corrected chi connectivity index (χ3v) is 4.70. The van der Waals surface area contributed by atoms with Crippen molar-refractivity contribution in [2.45, 2.75) is 6.92 Å². The first-order chi connectivity index (χ1) is 12.5. The number of para-hydroxylation sites is 1. The van der Waals surface area contributed by atoms with E-state index in [4.69, 9.17) is 0 Å². The molecule has 0 bridgehead atoms. The molecule has 0 aromatic heterocycles. The van der Waals surface area contributed by atoms with Crippen molar-refractivity contribution in [3.8, 4) is 0 Å². The second kappa shape index (κ2) is 7.97. The van der Waals surface area contributed by atoms with E-state index >= 15 is 0 Å². The zero-order valence-electron chi connectivity index (χ0n) is 14.8. The number of hydrogen-bond acceptors (Lipinski definition) is 4. The van der Waals surface area contributed by atoms with Gasteiger partial charge in [0.2, 0.25) is 0 Å². The number of amides is 1. The molecule has 2 N–H and O–H groups in total. The Bertz CT molecular complexity index is 787. The van der Waals surface area contributed by atoms with Gasteiger partial charge >= 0.3 is 0 Å². The van der Waals surface area contributed by atoms with Crippen LogP contribution in [0, 0.1) is 17.0 Å². The fourth-order valence-corrected chi connectivity index (χ4v) is 3.22. The van der Waals surface area contributed by atoms with Crippen LogP contribution in [0.25, 0.3) is 0 Å². The number of nitro groups is 1. The Labute approximate surface area is 152 Å². The number of nitrogens with one attached hydrogen (secondary N) is 2. The molecule has 0 atom stereocenters. The van der Waals surface area contributed by atoms with Crippen LogP contribution in [0.4, 0.5) is 17.1 Å². The fraction of sp³-hybridized carbons (Fsp3) is 0.316. The van der Waals surface area contributed by atoms with Crippen molar-refractivity contribution in [3.63, 3.8) is 0 Å². The third-order valence-electron chi connectivity index (χ3n) is 4.70. The van der Waals surface area contributed by atoms with Crippen molar-refractivity contribution < 1.29 is 14.6 Å². The molecule has 0 unspecified atom stereocenters. The van der Waals surface area contributed by atoms with Crippen LogP contribution < -0.4 is 15.1 Å². The highest BCUT2D eigenvalue weighted by atomic mass is 16.6. The number of aryl methyl sites for hydroxylation is 1. The van der Waals surface area contributed by atoms with Gasteiger partial charge in [0.05, 0.1) is 31.1 Å². The number of carbonyl (C=O) groups excluding carboxylic acids is 1. The van der Waals surface area contributed by atoms with Gasteiger partial charge in [-0.15, -0.1) is 0 Å². The van der Waals surface area contributed by atoms with E-state index in [1.807, 2.05) is 18.2 Å². The monoisotopic (exact) mass is 355 g/mol. The molecule has 136 valence electrons. The molecule has 1 aliphatic rings. The van der Waals surface area contributed by atoms with Gasteiger partial charge < -0.3 is 15.1 Å². The Morgan fingerprint density at radius 3 is 2.50 bits per heavy atom. The molecule has 0 aliphatic carbocycles. The number of nitrogens with zero attached hydrogens (tertiary/aromatic N) is 2. The Balaban J connectivity index is 1.51. The van der Waals surface area contributed by atoms with E-state index in [0.29, 0.717) is 17.8 Å². The largest absolute Gasteiger partial charge is 0.360 e. The standard InChI is InChI=1S/C19H22N4O3/c1-15-13-17(23(25)26)7-8-18(15)20-19(24)14-21-9-11-22(12-10-21)16-5-3-2-4-6-16/h2-8,13H,9-12,14H2,1H3,(H,20,24)/p+1. The number of piperazine rings is 1. The molecule has 1 fully saturated rings. The molecule has 3 rings (SSSR count). The Morgan fingerprint density at radius 2 is 1.88 bits per heavy atom. The maximum atomic E-state index is 12.3. The van der Waals surface area contributed by atoms with Crippen LogP contribution in [0.2, 0.25) is 0 Å². The normalized spacial score (nSPS) is 14.9. The predicted molar refractivity (Wildman–Crippen MR) is 101 cm³/mol. The average molecular weight is 355 g/mol. The van der Waals surface area contributed by atoms with E-state index in [1.165, 1.54) is 22.7 Å². The first-order valence-electron chi connectivity index (χ1n) is 8.71. The minimum atomic E-state index is -0.436. The summed E-state index contributed by atoms with van der Waals surface area (Å²) in [7, 11) is 0. The molecule has 2 aromatic carbocycles. The minimum absolute atomic E-state index is 0.0307. The smallest absolute Gasteiger partial charge is 0.279 e. The molecule has 2 aromatic rings. The lowest BCUT2D eigenvalue weighted by molar-refractivity contribution is -0.892. The van der Waals surface area contributed by atoms with Crippen molar-refractivity contribution in [2.24, 2.45) is 0 Å². The van der Waals surface area contributed by atoms with E-state index in [1.54, 1.807) is 13.0 Å². The summed E-state index contributed by atoms with van der Waals surface area (Å²) < 4.78 is 0. The lowest BCUT2D eigenvalue weighted by Crippen LogP contribution is -3.15. The van der Waals surface area contributed by atoms with Crippen LogP contribution in [0.1, 0.15) is 5.56 Å². The van der Waals surface area contributed by atoms with Crippen molar-refractivity contribution in [1.29, 1.82) is 0 Å². The van der Waals surface area contributed by atoms with E-state index in [9.17, 15) is 14.9 Å². The summed E-state index contributed by atoms with van der Waals surface area (Å²) in [5, 5.41) is 13.7. The second-order valence-electron chi connectivity index (χ2n) is 6.55. The van der Waals surface area contributed by atoms with Crippen molar-refractivity contribution in [1.82, 2.24) is 0 Å². The molecular formula is C19H23N4O3+. The second-order valence-corrected chi connectivity index (χ2v) is 6.55. The van der Waals surface area contributed by atoms with Crippen LogP contribution in [0.5, 0.6) is 0 Å². The zero-order valence-corrected chi connectivity index (χ0v) is 14.8. The molecular weight excluding hydrogens is 332 g/mol. The number of carbonyl (C=O) groups is 1. The van der Waals surface area contributed by atoms with Gasteiger partial charge in [-0.05, 0) is 30.7 Å². The zero-order chi connectivity index (χ0) is 18.5. The first kappa shape index (κ1) is 17.9. The van der Waals surface area contributed by atoms with Gasteiger partial charge in [0, 0.05) is 23.5 Å². The van der Waals surface area contributed by atoms with Gasteiger partial charge in [-0.1, -0.05) is 18.2 Å². The SMILES string of the molecule is Cc1cc([N+](=O)[O-])ccc1NC(=O)C[NH+]1CCN(c2ccccc2)CC1. The maximum Gasteiger partial charge on any atom is 0.279 e. The van der Waals surface area contributed by atoms with Crippen LogP contribution >= 0.6 is 0 Å². The summed E-state index contributed by atoms with van der Waals surface area (Å²) in [5.41, 5.74) is 2.57. The summed E-state index contributed by atoms with van der Waals surface area (Å²) in [6.07, 6.45) is 0. The molecule has 0 saturated carbocycles. The maximum absolute atomic E-state index is 12.3. The highest BCUT2D eigenvalue weighted by Crippen LogP contribution is 2.20. The first-order valence-corrected chi connectivity index (χ1v) is 8.71. The molecule has 7 heteroatoms. The van der Waals surface area contributed by atoms with Gasteiger partial charge in [-0.3, -0.25) is 14.9 Å². The number of quaternary nitrogens is 1. The van der Waals surface area contributed by atoms with Crippen LogP contribution in [-0.2, 0) is 4.79 Å². The average Bonchev–Trinajstić information content (AvgIpc) is 2.64. The molecule has 26 heavy (non-hydrogen) atoms. The number of anilines is 2. The topological polar surface area (TPSA) is 79.9 Å². The van der Waals surface area contributed by atoms with Gasteiger partial charge in [-0.25, -0.2) is 0 Å². The number of non-ortho nitro benzene ring substituents is 1. The van der Waals surface area contributed by atoms with Crippen LogP contribution in [-0.4, -0.2) is 43.6 Å². The summed E-state index contributed by atoms with van der Waals surface area (Å²) in [4.78, 5) is 26.3. The quantitative estimate of drug-likeness (QED) is 0.625. The summed E-state index contributed by atoms with van der Waals surface area (Å²) in [5.74, 6) is -0.0647. The van der Waals surface area contributed by atoms with Crippen LogP contribution in [0.15, 0.2) is 48.5 Å². The van der Waals surface area contributed by atoms with Gasteiger partial charge in [0.15, 0.2) is 6.54 Å². The molecule has 1 saturated heterocycles. The number of nitro benzene ring substituents is 1. The molecule has 1 heterocycles. The Morgan fingerprint density at radius 1 is 1.19 bits per heavy atom. The number of rotatable bonds is 5. The van der Waals surface area contributed by atoms with Gasteiger partial charge in [0.1, 0.15) is 0 Å². The molecule has 7 nitrogen and oxygen atoms in total. The summed E-state index contributed by atoms with van der Waals surface area (Å²) in [6, 6.07) is 14.8. The minimum Gasteiger partial charge on any atom is -0.360 e. The lowest BCUT2D eigenvalue weighted by Gasteiger charge is -2.33. The van der Waals surface area contributed by atoms with Crippen molar-refractivity contribution in [3.05, 3.63) is 64.2 Å². The van der Waals surface area contributed by atoms with E-state index in [0.717, 1.165) is 26.2 Å². The lowest BCUT2D eigenvalue weighted by atomic mass is 10.2. The van der Waals surface area contributed by atoms with E-state index in [2.05, 4.69) is 22.3 Å². The highest BCUT2D eigenvalue weighted by molar-refractivity contribution is 5.92. The van der Waals surface area contributed by atoms with Crippen LogP contribution in [0.3, 0.4) is 0 Å². The molecule has 1 amide bonds. The molecule has 0 spiro atoms. The van der Waals surface area contributed by atoms with Gasteiger partial charge in [-0.2, -0.15) is 0 Å². The Kier molecular flexibility index (Phi) is 5.48. The molecule has 1 aliphatic heterocycles. The Hall–Kier alpha value is -2.93. The fourth-order valence-electron chi connectivity index (χ4n) is 3.22. The molecule has 0 radical (unpaired) electrons. The summed E-state index contributed by atoms with van der Waals surface area (Å²) in [6.45, 7) is 5.81. The van der Waals surface area contributed by atoms with Crippen molar-refractivity contribution in [2.75, 3.05) is 42.9 Å². The highest BCUT2D eigenvalue weighted by Gasteiger charge is 2.22. The predicted octanol–water partition coefficient (Wildman–Crippen LogP) is 1.25. The van der Waals surface area contributed by atoms with E-state index < -0.39 is 4.92 Å². The summed E-state index contributed by atoms with van der Waals surface area (Å²) >= 11 is 0. The number of hydrogen-bond donors (Lipinski definition) is 2. The van der Waals surface area contributed by atoms with E-state index in [-0.39, 0.29) is 11.6 Å². The number of benzene rings is 2.